The number of nitrogens with zero attached hydrogens (tertiary/aromatic N) is 3. The first-order valence-corrected chi connectivity index (χ1v) is 6.81. The molecule has 0 aliphatic heterocycles. The number of nitro benzene ring substituents is 1. The number of benzene rings is 1. The van der Waals surface area contributed by atoms with Crippen LogP contribution in [-0.2, 0) is 7.05 Å². The minimum Gasteiger partial charge on any atom is -0.379 e. The van der Waals surface area contributed by atoms with Crippen LogP contribution in [0.3, 0.4) is 0 Å². The van der Waals surface area contributed by atoms with Crippen molar-refractivity contribution in [3.05, 3.63) is 40.2 Å². The third-order valence-corrected chi connectivity index (χ3v) is 3.07. The summed E-state index contributed by atoms with van der Waals surface area (Å²) >= 11 is 0. The minimum absolute atomic E-state index is 0.0502. The second kappa shape index (κ2) is 6.25. The first-order chi connectivity index (χ1) is 10.0. The molecule has 1 heterocycles. The van der Waals surface area contributed by atoms with Gasteiger partial charge in [0.1, 0.15) is 11.4 Å². The van der Waals surface area contributed by atoms with Crippen LogP contribution in [0.25, 0.3) is 0 Å². The Morgan fingerprint density at radius 1 is 1.33 bits per heavy atom. The van der Waals surface area contributed by atoms with E-state index in [1.165, 1.54) is 0 Å². The molecule has 7 heteroatoms. The van der Waals surface area contributed by atoms with Gasteiger partial charge in [-0.3, -0.25) is 14.8 Å². The Balaban J connectivity index is 2.38. The van der Waals surface area contributed by atoms with Gasteiger partial charge in [0.15, 0.2) is 0 Å². The third-order valence-electron chi connectivity index (χ3n) is 3.07. The number of aryl methyl sites for hydroxylation is 2. The van der Waals surface area contributed by atoms with Crippen molar-refractivity contribution in [1.29, 1.82) is 0 Å². The molecule has 1 aromatic heterocycles. The summed E-state index contributed by atoms with van der Waals surface area (Å²) in [6.07, 6.45) is 2.70. The molecule has 0 saturated carbocycles. The van der Waals surface area contributed by atoms with Gasteiger partial charge in [-0.25, -0.2) is 0 Å². The number of aromatic nitrogens is 2. The van der Waals surface area contributed by atoms with Gasteiger partial charge >= 0.3 is 5.69 Å². The maximum atomic E-state index is 11.4. The van der Waals surface area contributed by atoms with Crippen LogP contribution in [0.15, 0.2) is 24.4 Å². The second-order valence-corrected chi connectivity index (χ2v) is 4.81. The molecule has 21 heavy (non-hydrogen) atoms. The number of anilines is 3. The summed E-state index contributed by atoms with van der Waals surface area (Å²) in [5, 5.41) is 21.8. The number of hydrogen-bond acceptors (Lipinski definition) is 5. The van der Waals surface area contributed by atoms with Gasteiger partial charge < -0.3 is 10.6 Å². The average Bonchev–Trinajstić information content (AvgIpc) is 2.74. The smallest absolute Gasteiger partial charge is 0.315 e. The summed E-state index contributed by atoms with van der Waals surface area (Å²) in [7, 11) is 1.81. The van der Waals surface area contributed by atoms with Gasteiger partial charge in [0.2, 0.25) is 0 Å². The van der Waals surface area contributed by atoms with E-state index in [9.17, 15) is 10.1 Å². The van der Waals surface area contributed by atoms with Crippen molar-refractivity contribution in [2.75, 3.05) is 17.2 Å². The Bertz CT molecular complexity index is 651. The summed E-state index contributed by atoms with van der Waals surface area (Å²) in [6.45, 7) is 4.56. The van der Waals surface area contributed by atoms with E-state index in [2.05, 4.69) is 15.7 Å². The van der Waals surface area contributed by atoms with Gasteiger partial charge in [0, 0.05) is 19.8 Å². The van der Waals surface area contributed by atoms with Gasteiger partial charge in [-0.2, -0.15) is 5.10 Å². The Kier molecular flexibility index (Phi) is 4.42. The van der Waals surface area contributed by atoms with Crippen LogP contribution in [0.4, 0.5) is 22.7 Å². The van der Waals surface area contributed by atoms with E-state index in [-0.39, 0.29) is 10.6 Å². The van der Waals surface area contributed by atoms with Crippen molar-refractivity contribution < 1.29 is 4.92 Å². The van der Waals surface area contributed by atoms with Crippen molar-refractivity contribution in [3.63, 3.8) is 0 Å². The molecule has 0 aliphatic rings. The van der Waals surface area contributed by atoms with Crippen LogP contribution < -0.4 is 10.6 Å². The highest BCUT2D eigenvalue weighted by molar-refractivity contribution is 5.79. The highest BCUT2D eigenvalue weighted by Gasteiger charge is 2.20. The first-order valence-electron chi connectivity index (χ1n) is 6.81. The first kappa shape index (κ1) is 14.8. The van der Waals surface area contributed by atoms with Crippen LogP contribution in [0.1, 0.15) is 19.0 Å². The quantitative estimate of drug-likeness (QED) is 0.630. The molecule has 0 radical (unpaired) electrons. The molecule has 2 rings (SSSR count). The highest BCUT2D eigenvalue weighted by Crippen LogP contribution is 2.35. The average molecular weight is 289 g/mol. The summed E-state index contributed by atoms with van der Waals surface area (Å²) in [5.74, 6) is 0. The van der Waals surface area contributed by atoms with E-state index in [0.29, 0.717) is 17.9 Å². The monoisotopic (exact) mass is 289 g/mol. The summed E-state index contributed by atoms with van der Waals surface area (Å²) in [5.41, 5.74) is 2.58. The molecule has 0 fully saturated rings. The SMILES string of the molecule is CCCNc1cccc(Nc2cn(C)nc2C)c1[N+](=O)[O-]. The predicted octanol–water partition coefficient (Wildman–Crippen LogP) is 3.20. The van der Waals surface area contributed by atoms with Gasteiger partial charge in [-0.15, -0.1) is 0 Å². The summed E-state index contributed by atoms with van der Waals surface area (Å²) in [4.78, 5) is 11.0. The molecule has 0 unspecified atom stereocenters. The van der Waals surface area contributed by atoms with E-state index in [1.54, 1.807) is 29.1 Å². The standard InChI is InChI=1S/C14H19N5O2/c1-4-8-15-11-6-5-7-12(14(11)19(20)21)16-13-9-18(3)17-10(13)2/h5-7,9,15-16H,4,8H2,1-3H3. The van der Waals surface area contributed by atoms with Gasteiger partial charge in [-0.05, 0) is 25.5 Å². The maximum Gasteiger partial charge on any atom is 0.315 e. The van der Waals surface area contributed by atoms with Crippen LogP contribution in [0.5, 0.6) is 0 Å². The number of rotatable bonds is 6. The fourth-order valence-corrected chi connectivity index (χ4v) is 2.11. The van der Waals surface area contributed by atoms with E-state index in [4.69, 9.17) is 0 Å². The van der Waals surface area contributed by atoms with Crippen LogP contribution in [-0.4, -0.2) is 21.2 Å². The van der Waals surface area contributed by atoms with E-state index in [0.717, 1.165) is 17.8 Å². The molecule has 0 atom stereocenters. The lowest BCUT2D eigenvalue weighted by Gasteiger charge is -2.10. The fraction of sp³-hybridized carbons (Fsp3) is 0.357. The van der Waals surface area contributed by atoms with Gasteiger partial charge in [0.25, 0.3) is 0 Å². The van der Waals surface area contributed by atoms with E-state index < -0.39 is 0 Å². The minimum atomic E-state index is -0.369. The van der Waals surface area contributed by atoms with E-state index >= 15 is 0 Å². The number of nitro groups is 1. The zero-order chi connectivity index (χ0) is 15.4. The summed E-state index contributed by atoms with van der Waals surface area (Å²) in [6, 6.07) is 5.20. The lowest BCUT2D eigenvalue weighted by atomic mass is 10.2. The number of hydrogen-bond donors (Lipinski definition) is 2. The number of nitrogens with one attached hydrogen (secondary N) is 2. The van der Waals surface area contributed by atoms with Crippen molar-refractivity contribution in [2.24, 2.45) is 7.05 Å². The molecule has 0 bridgehead atoms. The van der Waals surface area contributed by atoms with Crippen molar-refractivity contribution in [3.8, 4) is 0 Å². The molecule has 2 aromatic rings. The molecular weight excluding hydrogens is 270 g/mol. The Labute approximate surface area is 123 Å². The van der Waals surface area contributed by atoms with Gasteiger partial charge in [-0.1, -0.05) is 13.0 Å². The fourth-order valence-electron chi connectivity index (χ4n) is 2.11. The zero-order valence-corrected chi connectivity index (χ0v) is 12.4. The Hall–Kier alpha value is -2.57. The molecule has 0 aliphatic carbocycles. The van der Waals surface area contributed by atoms with Gasteiger partial charge in [0.05, 0.1) is 16.3 Å². The molecule has 2 N–H and O–H groups in total. The van der Waals surface area contributed by atoms with Crippen LogP contribution >= 0.6 is 0 Å². The zero-order valence-electron chi connectivity index (χ0n) is 12.4. The number of para-hydroxylation sites is 1. The van der Waals surface area contributed by atoms with E-state index in [1.807, 2.05) is 20.9 Å². The third kappa shape index (κ3) is 3.31. The highest BCUT2D eigenvalue weighted by atomic mass is 16.6. The van der Waals surface area contributed by atoms with Crippen LogP contribution in [0.2, 0.25) is 0 Å². The Morgan fingerprint density at radius 2 is 2.05 bits per heavy atom. The lowest BCUT2D eigenvalue weighted by Crippen LogP contribution is -2.05. The molecule has 1 aromatic carbocycles. The molecule has 0 spiro atoms. The van der Waals surface area contributed by atoms with Crippen molar-refractivity contribution >= 4 is 22.7 Å². The lowest BCUT2D eigenvalue weighted by molar-refractivity contribution is -0.383. The molecule has 7 nitrogen and oxygen atoms in total. The normalized spacial score (nSPS) is 10.4. The van der Waals surface area contributed by atoms with Crippen molar-refractivity contribution in [1.82, 2.24) is 9.78 Å². The maximum absolute atomic E-state index is 11.4. The largest absolute Gasteiger partial charge is 0.379 e. The topological polar surface area (TPSA) is 85.0 Å². The molecule has 0 saturated heterocycles. The molecule has 112 valence electrons. The van der Waals surface area contributed by atoms with Crippen LogP contribution in [0, 0.1) is 17.0 Å². The second-order valence-electron chi connectivity index (χ2n) is 4.81. The predicted molar refractivity (Wildman–Crippen MR) is 83.1 cm³/mol. The Morgan fingerprint density at radius 3 is 2.62 bits per heavy atom. The molecule has 0 amide bonds. The van der Waals surface area contributed by atoms with Crippen molar-refractivity contribution in [2.45, 2.75) is 20.3 Å². The molecular formula is C14H19N5O2. The summed E-state index contributed by atoms with van der Waals surface area (Å²) < 4.78 is 1.67.